The molecule has 222 valence electrons. The second-order valence-electron chi connectivity index (χ2n) is 11.6. The van der Waals surface area contributed by atoms with E-state index in [1.807, 2.05) is 69.3 Å². The zero-order valence-electron chi connectivity index (χ0n) is 24.2. The number of aliphatic hydroxyl groups excluding tert-OH is 1. The van der Waals surface area contributed by atoms with E-state index < -0.39 is 23.8 Å². The molecule has 0 bridgehead atoms. The number of ether oxygens (including phenoxy) is 4. The lowest BCUT2D eigenvalue weighted by Crippen LogP contribution is -2.46. The summed E-state index contributed by atoms with van der Waals surface area (Å²) in [7, 11) is 0. The van der Waals surface area contributed by atoms with E-state index in [-0.39, 0.29) is 12.8 Å². The summed E-state index contributed by atoms with van der Waals surface area (Å²) in [5.74, 6) is 1.95. The van der Waals surface area contributed by atoms with E-state index in [4.69, 9.17) is 18.9 Å². The first-order valence-electron chi connectivity index (χ1n) is 14.3. The Kier molecular flexibility index (Phi) is 8.87. The van der Waals surface area contributed by atoms with Crippen molar-refractivity contribution in [3.8, 4) is 17.2 Å². The molecule has 42 heavy (non-hydrogen) atoms. The summed E-state index contributed by atoms with van der Waals surface area (Å²) in [6, 6.07) is 20.2. The van der Waals surface area contributed by atoms with E-state index in [0.717, 1.165) is 35.5 Å². The third-order valence-electron chi connectivity index (χ3n) is 7.52. The number of aliphatic hydroxyl groups is 1. The van der Waals surface area contributed by atoms with Gasteiger partial charge in [0.15, 0.2) is 11.5 Å². The summed E-state index contributed by atoms with van der Waals surface area (Å²) >= 11 is 0. The molecule has 3 atom stereocenters. The number of anilines is 1. The van der Waals surface area contributed by atoms with Crippen LogP contribution in [-0.2, 0) is 22.6 Å². The molecule has 1 saturated heterocycles. The highest BCUT2D eigenvalue weighted by molar-refractivity contribution is 5.76. The summed E-state index contributed by atoms with van der Waals surface area (Å²) in [5.41, 5.74) is 2.41. The molecule has 0 radical (unpaired) electrons. The van der Waals surface area contributed by atoms with Gasteiger partial charge in [-0.05, 0) is 87.4 Å². The van der Waals surface area contributed by atoms with Crippen molar-refractivity contribution < 1.29 is 33.6 Å². The lowest BCUT2D eigenvalue weighted by Gasteiger charge is -2.35. The molecule has 3 aromatic rings. The summed E-state index contributed by atoms with van der Waals surface area (Å²) in [6.45, 7) is 6.05. The van der Waals surface area contributed by atoms with Crippen LogP contribution in [0.15, 0.2) is 66.7 Å². The van der Waals surface area contributed by atoms with Crippen molar-refractivity contribution in [2.45, 2.75) is 76.9 Å². The molecule has 9 nitrogen and oxygen atoms in total. The molecule has 2 heterocycles. The maximum absolute atomic E-state index is 13.5. The van der Waals surface area contributed by atoms with Crippen LogP contribution in [0, 0.1) is 0 Å². The van der Waals surface area contributed by atoms with E-state index in [1.165, 1.54) is 0 Å². The molecule has 0 aromatic heterocycles. The number of aryl methyl sites for hydroxylation is 1. The molecule has 9 heteroatoms. The van der Waals surface area contributed by atoms with Crippen molar-refractivity contribution in [3.63, 3.8) is 0 Å². The van der Waals surface area contributed by atoms with Gasteiger partial charge in [0.2, 0.25) is 13.2 Å². The number of amides is 2. The van der Waals surface area contributed by atoms with Gasteiger partial charge in [0.05, 0.1) is 17.8 Å². The Balaban J connectivity index is 1.33. The molecule has 0 aliphatic carbocycles. The van der Waals surface area contributed by atoms with E-state index in [9.17, 15) is 14.7 Å². The van der Waals surface area contributed by atoms with Crippen LogP contribution >= 0.6 is 0 Å². The molecule has 1 fully saturated rings. The molecule has 2 amide bonds. The highest BCUT2D eigenvalue weighted by atomic mass is 16.7. The highest BCUT2D eigenvalue weighted by Crippen LogP contribution is 2.39. The minimum absolute atomic E-state index is 0.119. The number of rotatable bonds is 10. The molecule has 5 rings (SSSR count). The van der Waals surface area contributed by atoms with Gasteiger partial charge in [-0.1, -0.05) is 42.5 Å². The zero-order valence-corrected chi connectivity index (χ0v) is 24.2. The fourth-order valence-electron chi connectivity index (χ4n) is 5.53. The number of likely N-dealkylation sites (tertiary alicyclic amines) is 1. The molecular formula is C33H38N2O7. The predicted octanol–water partition coefficient (Wildman–Crippen LogP) is 6.00. The topological polar surface area (TPSA) is 107 Å². The van der Waals surface area contributed by atoms with Crippen LogP contribution in [0.1, 0.15) is 62.8 Å². The Morgan fingerprint density at radius 1 is 1.05 bits per heavy atom. The molecule has 3 unspecified atom stereocenters. The summed E-state index contributed by atoms with van der Waals surface area (Å²) in [5, 5.41) is 14.3. The zero-order chi connectivity index (χ0) is 29.7. The third kappa shape index (κ3) is 6.97. The van der Waals surface area contributed by atoms with Gasteiger partial charge in [0.1, 0.15) is 18.0 Å². The summed E-state index contributed by atoms with van der Waals surface area (Å²) < 4.78 is 22.7. The van der Waals surface area contributed by atoms with Crippen molar-refractivity contribution in [3.05, 3.63) is 83.4 Å². The van der Waals surface area contributed by atoms with Gasteiger partial charge in [0.25, 0.3) is 0 Å². The maximum Gasteiger partial charge on any atom is 0.410 e. The van der Waals surface area contributed by atoms with Crippen LogP contribution in [0.5, 0.6) is 17.2 Å². The fraction of sp³-hybridized carbons (Fsp3) is 0.394. The fourth-order valence-corrected chi connectivity index (χ4v) is 5.53. The molecule has 0 saturated carbocycles. The smallest absolute Gasteiger partial charge is 0.410 e. The first-order chi connectivity index (χ1) is 20.2. The SMILES string of the molecule is CC(C)(C)OC(=O)N1C(CCc2ccc3c(c2)OCO3)CCC1C(O)c1ccc(OCc2ccccc2)c(NC=O)c1. The van der Waals surface area contributed by atoms with Crippen molar-refractivity contribution in [2.24, 2.45) is 0 Å². The molecular weight excluding hydrogens is 536 g/mol. The van der Waals surface area contributed by atoms with Crippen LogP contribution in [0.2, 0.25) is 0 Å². The van der Waals surface area contributed by atoms with Crippen LogP contribution < -0.4 is 19.5 Å². The number of benzene rings is 3. The minimum atomic E-state index is -0.997. The standard InChI is InChI=1S/C33H38N2O7/c1-33(2,3)42-32(38)35-25(12-9-22-10-15-29-30(17-22)41-21-40-29)13-14-27(35)31(37)24-11-16-28(26(18-24)34-20-36)39-19-23-7-5-4-6-8-23/h4-8,10-11,15-18,20,25,27,31,37H,9,12-14,19,21H2,1-3H3,(H,34,36). The Morgan fingerprint density at radius 3 is 2.60 bits per heavy atom. The third-order valence-corrected chi connectivity index (χ3v) is 7.52. The van der Waals surface area contributed by atoms with E-state index in [2.05, 4.69) is 5.32 Å². The largest absolute Gasteiger partial charge is 0.487 e. The second kappa shape index (κ2) is 12.7. The van der Waals surface area contributed by atoms with Gasteiger partial charge >= 0.3 is 6.09 Å². The Hall–Kier alpha value is -4.24. The van der Waals surface area contributed by atoms with E-state index in [1.54, 1.807) is 23.1 Å². The van der Waals surface area contributed by atoms with E-state index in [0.29, 0.717) is 42.9 Å². The van der Waals surface area contributed by atoms with Crippen LogP contribution in [0.4, 0.5) is 10.5 Å². The average molecular weight is 575 g/mol. The van der Waals surface area contributed by atoms with Gasteiger partial charge < -0.3 is 29.4 Å². The number of hydrogen-bond acceptors (Lipinski definition) is 7. The predicted molar refractivity (Wildman–Crippen MR) is 158 cm³/mol. The Morgan fingerprint density at radius 2 is 1.83 bits per heavy atom. The van der Waals surface area contributed by atoms with Crippen molar-refractivity contribution in [2.75, 3.05) is 12.1 Å². The molecule has 0 spiro atoms. The molecule has 2 aliphatic rings. The van der Waals surface area contributed by atoms with Gasteiger partial charge in [-0.2, -0.15) is 0 Å². The number of nitrogens with one attached hydrogen (secondary N) is 1. The Labute approximate surface area is 246 Å². The van der Waals surface area contributed by atoms with Gasteiger partial charge in [-0.25, -0.2) is 4.79 Å². The van der Waals surface area contributed by atoms with E-state index >= 15 is 0 Å². The summed E-state index contributed by atoms with van der Waals surface area (Å²) in [4.78, 5) is 26.6. The minimum Gasteiger partial charge on any atom is -0.487 e. The quantitative estimate of drug-likeness (QED) is 0.286. The Bertz CT molecular complexity index is 1390. The lowest BCUT2D eigenvalue weighted by molar-refractivity contribution is -0.105. The second-order valence-corrected chi connectivity index (χ2v) is 11.6. The van der Waals surface area contributed by atoms with Crippen LogP contribution in [-0.4, -0.2) is 47.0 Å². The number of nitrogens with zero attached hydrogens (tertiary/aromatic N) is 1. The highest BCUT2D eigenvalue weighted by Gasteiger charge is 2.43. The van der Waals surface area contributed by atoms with Gasteiger partial charge in [0, 0.05) is 6.04 Å². The monoisotopic (exact) mass is 574 g/mol. The van der Waals surface area contributed by atoms with Crippen molar-refractivity contribution >= 4 is 18.2 Å². The average Bonchev–Trinajstić information content (AvgIpc) is 3.62. The van der Waals surface area contributed by atoms with Crippen molar-refractivity contribution in [1.29, 1.82) is 0 Å². The molecule has 3 aromatic carbocycles. The number of carbonyl (C=O) groups is 2. The van der Waals surface area contributed by atoms with Gasteiger partial charge in [-0.15, -0.1) is 0 Å². The summed E-state index contributed by atoms with van der Waals surface area (Å²) in [6.07, 6.45) is 1.89. The molecule has 2 aliphatic heterocycles. The van der Waals surface area contributed by atoms with Crippen molar-refractivity contribution in [1.82, 2.24) is 4.90 Å². The van der Waals surface area contributed by atoms with Crippen LogP contribution in [0.25, 0.3) is 0 Å². The molecule has 2 N–H and O–H groups in total. The first kappa shape index (κ1) is 29.3. The van der Waals surface area contributed by atoms with Crippen LogP contribution in [0.3, 0.4) is 0 Å². The number of hydrogen-bond donors (Lipinski definition) is 2. The number of carbonyl (C=O) groups excluding carboxylic acids is 2. The number of fused-ring (bicyclic) bond motifs is 1. The van der Waals surface area contributed by atoms with Gasteiger partial charge in [-0.3, -0.25) is 9.69 Å². The normalized spacial score (nSPS) is 18.4. The maximum atomic E-state index is 13.5. The lowest BCUT2D eigenvalue weighted by atomic mass is 9.99. The first-order valence-corrected chi connectivity index (χ1v) is 14.3.